The van der Waals surface area contributed by atoms with Crippen molar-refractivity contribution in [2.45, 2.75) is 26.3 Å². The Kier molecular flexibility index (Phi) is 9.38. The summed E-state index contributed by atoms with van der Waals surface area (Å²) in [6.45, 7) is 7.62. The van der Waals surface area contributed by atoms with E-state index in [1.54, 1.807) is 7.05 Å². The molecule has 2 heterocycles. The third kappa shape index (κ3) is 6.91. The van der Waals surface area contributed by atoms with E-state index in [1.807, 2.05) is 24.4 Å². The summed E-state index contributed by atoms with van der Waals surface area (Å²) in [5, 5.41) is 6.70. The Labute approximate surface area is 151 Å². The SMILES string of the molecule is CN=C(NCc1ccccn1)NCC(C)CN1CCCC1.I. The molecule has 1 aromatic rings. The van der Waals surface area contributed by atoms with Crippen molar-refractivity contribution in [2.24, 2.45) is 10.9 Å². The lowest BCUT2D eigenvalue weighted by molar-refractivity contribution is 0.287. The molecule has 2 rings (SSSR count). The lowest BCUT2D eigenvalue weighted by Gasteiger charge is -2.21. The van der Waals surface area contributed by atoms with Gasteiger partial charge in [0.25, 0.3) is 0 Å². The summed E-state index contributed by atoms with van der Waals surface area (Å²) >= 11 is 0. The van der Waals surface area contributed by atoms with Gasteiger partial charge in [-0.3, -0.25) is 9.98 Å². The summed E-state index contributed by atoms with van der Waals surface area (Å²) in [6, 6.07) is 5.94. The third-order valence-corrected chi connectivity index (χ3v) is 3.77. The maximum Gasteiger partial charge on any atom is 0.191 e. The fraction of sp³-hybridized carbons (Fsp3) is 0.625. The normalized spacial score (nSPS) is 16.9. The fourth-order valence-corrected chi connectivity index (χ4v) is 2.64. The standard InChI is InChI=1S/C16H27N5.HI/c1-14(13-21-9-5-6-10-21)11-19-16(17-2)20-12-15-7-3-4-8-18-15;/h3-4,7-8,14H,5-6,9-13H2,1-2H3,(H2,17,19,20);1H. The van der Waals surface area contributed by atoms with Crippen LogP contribution in [0.2, 0.25) is 0 Å². The second kappa shape index (κ2) is 10.8. The van der Waals surface area contributed by atoms with E-state index in [1.165, 1.54) is 32.5 Å². The van der Waals surface area contributed by atoms with E-state index < -0.39 is 0 Å². The van der Waals surface area contributed by atoms with E-state index >= 15 is 0 Å². The number of likely N-dealkylation sites (tertiary alicyclic amines) is 1. The van der Waals surface area contributed by atoms with Crippen molar-refractivity contribution in [1.82, 2.24) is 20.5 Å². The molecule has 5 nitrogen and oxygen atoms in total. The van der Waals surface area contributed by atoms with E-state index in [4.69, 9.17) is 0 Å². The molecule has 0 radical (unpaired) electrons. The molecule has 22 heavy (non-hydrogen) atoms. The molecule has 2 N–H and O–H groups in total. The summed E-state index contributed by atoms with van der Waals surface area (Å²) in [4.78, 5) is 11.1. The summed E-state index contributed by atoms with van der Waals surface area (Å²) in [6.07, 6.45) is 4.52. The molecule has 0 aliphatic carbocycles. The first-order valence-corrected chi connectivity index (χ1v) is 7.84. The summed E-state index contributed by atoms with van der Waals surface area (Å²) in [5.41, 5.74) is 1.02. The number of rotatable bonds is 6. The highest BCUT2D eigenvalue weighted by molar-refractivity contribution is 14.0. The molecule has 0 amide bonds. The predicted octanol–water partition coefficient (Wildman–Crippen LogP) is 2.10. The van der Waals surface area contributed by atoms with Crippen LogP contribution in [-0.2, 0) is 6.54 Å². The van der Waals surface area contributed by atoms with Crippen LogP contribution in [0.1, 0.15) is 25.5 Å². The van der Waals surface area contributed by atoms with Crippen LogP contribution in [0.25, 0.3) is 0 Å². The van der Waals surface area contributed by atoms with E-state index in [0.717, 1.165) is 18.2 Å². The van der Waals surface area contributed by atoms with E-state index in [2.05, 4.69) is 32.4 Å². The number of halogens is 1. The van der Waals surface area contributed by atoms with Gasteiger partial charge in [-0.25, -0.2) is 0 Å². The van der Waals surface area contributed by atoms with Gasteiger partial charge in [0.05, 0.1) is 12.2 Å². The Morgan fingerprint density at radius 1 is 1.32 bits per heavy atom. The minimum Gasteiger partial charge on any atom is -0.356 e. The first kappa shape index (κ1) is 19.2. The molecule has 1 unspecified atom stereocenters. The Morgan fingerprint density at radius 3 is 2.73 bits per heavy atom. The molecule has 0 bridgehead atoms. The highest BCUT2D eigenvalue weighted by Crippen LogP contribution is 2.09. The van der Waals surface area contributed by atoms with Crippen molar-refractivity contribution in [1.29, 1.82) is 0 Å². The quantitative estimate of drug-likeness (QED) is 0.423. The zero-order chi connectivity index (χ0) is 14.9. The van der Waals surface area contributed by atoms with E-state index in [9.17, 15) is 0 Å². The number of guanidine groups is 1. The molecule has 0 saturated carbocycles. The van der Waals surface area contributed by atoms with Crippen LogP contribution < -0.4 is 10.6 Å². The average molecular weight is 417 g/mol. The van der Waals surface area contributed by atoms with Crippen molar-refractivity contribution in [3.05, 3.63) is 30.1 Å². The minimum atomic E-state index is 0. The smallest absolute Gasteiger partial charge is 0.191 e. The number of hydrogen-bond acceptors (Lipinski definition) is 3. The van der Waals surface area contributed by atoms with Gasteiger partial charge in [0.1, 0.15) is 0 Å². The van der Waals surface area contributed by atoms with Crippen LogP contribution in [-0.4, -0.2) is 49.1 Å². The van der Waals surface area contributed by atoms with Gasteiger partial charge in [0, 0.05) is 26.3 Å². The van der Waals surface area contributed by atoms with Crippen LogP contribution in [0.3, 0.4) is 0 Å². The van der Waals surface area contributed by atoms with E-state index in [0.29, 0.717) is 12.5 Å². The van der Waals surface area contributed by atoms with E-state index in [-0.39, 0.29) is 24.0 Å². The molecule has 1 atom stereocenters. The largest absolute Gasteiger partial charge is 0.356 e. The molecule has 1 saturated heterocycles. The molecule has 0 spiro atoms. The minimum absolute atomic E-state index is 0. The predicted molar refractivity (Wildman–Crippen MR) is 103 cm³/mol. The van der Waals surface area contributed by atoms with Gasteiger partial charge in [-0.2, -0.15) is 0 Å². The number of pyridine rings is 1. The number of hydrogen-bond donors (Lipinski definition) is 2. The molecule has 1 fully saturated rings. The van der Waals surface area contributed by atoms with Gasteiger partial charge in [0.2, 0.25) is 0 Å². The van der Waals surface area contributed by atoms with Crippen LogP contribution >= 0.6 is 24.0 Å². The number of nitrogens with zero attached hydrogens (tertiary/aromatic N) is 3. The van der Waals surface area contributed by atoms with Gasteiger partial charge < -0.3 is 15.5 Å². The summed E-state index contributed by atoms with van der Waals surface area (Å²) < 4.78 is 0. The van der Waals surface area contributed by atoms with Gasteiger partial charge in [0.15, 0.2) is 5.96 Å². The number of aliphatic imine (C=N–C) groups is 1. The summed E-state index contributed by atoms with van der Waals surface area (Å²) in [5.74, 6) is 1.46. The molecule has 0 aromatic carbocycles. The lowest BCUT2D eigenvalue weighted by atomic mass is 10.1. The molecule has 1 aliphatic heterocycles. The van der Waals surface area contributed by atoms with Gasteiger partial charge in [-0.05, 0) is 44.0 Å². The molecule has 124 valence electrons. The molecular weight excluding hydrogens is 389 g/mol. The Balaban J connectivity index is 0.00000242. The lowest BCUT2D eigenvalue weighted by Crippen LogP contribution is -2.41. The van der Waals surface area contributed by atoms with Crippen molar-refractivity contribution >= 4 is 29.9 Å². The van der Waals surface area contributed by atoms with Gasteiger partial charge in [-0.15, -0.1) is 24.0 Å². The highest BCUT2D eigenvalue weighted by Gasteiger charge is 2.14. The number of nitrogens with one attached hydrogen (secondary N) is 2. The molecule has 1 aliphatic rings. The second-order valence-corrected chi connectivity index (χ2v) is 5.74. The summed E-state index contributed by atoms with van der Waals surface area (Å²) in [7, 11) is 1.80. The van der Waals surface area contributed by atoms with Crippen LogP contribution in [0.5, 0.6) is 0 Å². The number of aromatic nitrogens is 1. The van der Waals surface area contributed by atoms with Crippen LogP contribution in [0.15, 0.2) is 29.4 Å². The second-order valence-electron chi connectivity index (χ2n) is 5.74. The van der Waals surface area contributed by atoms with Crippen LogP contribution in [0.4, 0.5) is 0 Å². The Morgan fingerprint density at radius 2 is 2.09 bits per heavy atom. The van der Waals surface area contributed by atoms with Crippen molar-refractivity contribution < 1.29 is 0 Å². The van der Waals surface area contributed by atoms with Crippen molar-refractivity contribution in [3.63, 3.8) is 0 Å². The maximum absolute atomic E-state index is 4.30. The zero-order valence-corrected chi connectivity index (χ0v) is 15.9. The maximum atomic E-state index is 4.30. The zero-order valence-electron chi connectivity index (χ0n) is 13.6. The van der Waals surface area contributed by atoms with Crippen molar-refractivity contribution in [3.8, 4) is 0 Å². The first-order chi connectivity index (χ1) is 10.3. The Hall–Kier alpha value is -0.890. The monoisotopic (exact) mass is 417 g/mol. The topological polar surface area (TPSA) is 52.6 Å². The molecule has 1 aromatic heterocycles. The van der Waals surface area contributed by atoms with Gasteiger partial charge in [-0.1, -0.05) is 13.0 Å². The average Bonchev–Trinajstić information content (AvgIpc) is 3.01. The fourth-order valence-electron chi connectivity index (χ4n) is 2.64. The first-order valence-electron chi connectivity index (χ1n) is 7.84. The molecular formula is C16H28IN5. The van der Waals surface area contributed by atoms with Crippen LogP contribution in [0, 0.1) is 5.92 Å². The Bertz CT molecular complexity index is 431. The molecule has 6 heteroatoms. The third-order valence-electron chi connectivity index (χ3n) is 3.77. The van der Waals surface area contributed by atoms with Gasteiger partial charge >= 0.3 is 0 Å². The highest BCUT2D eigenvalue weighted by atomic mass is 127. The van der Waals surface area contributed by atoms with Crippen molar-refractivity contribution in [2.75, 3.05) is 33.2 Å².